The Kier molecular flexibility index (Phi) is 16.7. The van der Waals surface area contributed by atoms with Crippen molar-refractivity contribution in [2.45, 2.75) is 20.1 Å². The number of amides is 1. The number of non-ortho nitro benzene ring substituents is 1. The van der Waals surface area contributed by atoms with Gasteiger partial charge in [0.1, 0.15) is 34.9 Å². The smallest absolute Gasteiger partial charge is 0.270 e. The van der Waals surface area contributed by atoms with Gasteiger partial charge in [0.2, 0.25) is 0 Å². The second-order valence-corrected chi connectivity index (χ2v) is 12.6. The van der Waals surface area contributed by atoms with Crippen LogP contribution in [0.2, 0.25) is 0 Å². The summed E-state index contributed by atoms with van der Waals surface area (Å²) in [5.41, 5.74) is 4.14. The molecule has 0 unspecified atom stereocenters. The van der Waals surface area contributed by atoms with Gasteiger partial charge in [0.05, 0.1) is 70.5 Å². The Bertz CT molecular complexity index is 2150. The van der Waals surface area contributed by atoms with Crippen molar-refractivity contribution < 1.29 is 33.4 Å². The molecule has 1 amide bonds. The van der Waals surface area contributed by atoms with Gasteiger partial charge in [0.25, 0.3) is 11.6 Å². The summed E-state index contributed by atoms with van der Waals surface area (Å²) in [6.45, 7) is 7.48. The topological polar surface area (TPSA) is 200 Å². The third-order valence-corrected chi connectivity index (χ3v) is 8.67. The quantitative estimate of drug-likeness (QED) is 0.0428. The number of hydrogen-bond acceptors (Lipinski definition) is 13. The number of aromatic nitrogens is 3. The molecule has 1 aliphatic rings. The van der Waals surface area contributed by atoms with Crippen LogP contribution in [0.15, 0.2) is 102 Å². The fraction of sp³-hybridized carbons (Fsp3) is 0.310. The predicted octanol–water partition coefficient (Wildman–Crippen LogP) is 5.50. The van der Waals surface area contributed by atoms with Crippen molar-refractivity contribution in [3.8, 4) is 17.9 Å². The highest BCUT2D eigenvalue weighted by atomic mass is 16.6. The summed E-state index contributed by atoms with van der Waals surface area (Å²) < 4.78 is 30.0. The summed E-state index contributed by atoms with van der Waals surface area (Å²) in [7, 11) is 0. The number of nitro benzene ring substituents is 1. The fourth-order valence-electron chi connectivity index (χ4n) is 5.71. The molecule has 5 rings (SSSR count). The number of nitro groups is 1. The molecule has 1 aromatic heterocycles. The number of anilines is 1. The second kappa shape index (κ2) is 22.8. The van der Waals surface area contributed by atoms with Crippen LogP contribution in [0.25, 0.3) is 11.6 Å². The monoisotopic (exact) mass is 788 g/mol. The standard InChI is InChI=1S/C42H44N8O8/c1-2-48(36-13-10-32(11-14-36)12-15-38-27-40(34(28-43)29-44)39-8-3-4-9-41(39)58-38)17-18-49-30-35(46-47-49)31-57-25-24-56-23-22-55-21-20-54-19-16-45-42(51)33-6-5-7-37(26-33)50(52)53/h3-15,26-27,30H,2,16-25,31H2,1H3,(H,45,51)/b15-12+. The number of nitriles is 2. The Balaban J connectivity index is 0.913. The highest BCUT2D eigenvalue weighted by Crippen LogP contribution is 2.35. The number of hydrogen-bond donors (Lipinski definition) is 1. The van der Waals surface area contributed by atoms with Gasteiger partial charge in [-0.25, -0.2) is 0 Å². The predicted molar refractivity (Wildman–Crippen MR) is 214 cm³/mol. The van der Waals surface area contributed by atoms with Crippen molar-refractivity contribution in [1.29, 1.82) is 10.5 Å². The van der Waals surface area contributed by atoms with Crippen molar-refractivity contribution in [2.24, 2.45) is 0 Å². The summed E-state index contributed by atoms with van der Waals surface area (Å²) in [5, 5.41) is 40.9. The Hall–Kier alpha value is -6.69. The Morgan fingerprint density at radius 1 is 0.931 bits per heavy atom. The van der Waals surface area contributed by atoms with Crippen LogP contribution < -0.4 is 15.0 Å². The van der Waals surface area contributed by atoms with Gasteiger partial charge in [0.15, 0.2) is 0 Å². The number of carbonyl (C=O) groups excluding carboxylic acids is 1. The molecule has 58 heavy (non-hydrogen) atoms. The number of carbonyl (C=O) groups is 1. The van der Waals surface area contributed by atoms with Crippen molar-refractivity contribution >= 4 is 28.9 Å². The van der Waals surface area contributed by atoms with Crippen LogP contribution >= 0.6 is 0 Å². The number of fused-ring (bicyclic) bond motifs is 1. The van der Waals surface area contributed by atoms with E-state index in [2.05, 4.69) is 39.6 Å². The molecule has 300 valence electrons. The molecule has 0 atom stereocenters. The zero-order valence-corrected chi connectivity index (χ0v) is 32.1. The number of nitrogens with one attached hydrogen (secondary N) is 1. The molecule has 0 fully saturated rings. The molecular formula is C42H44N8O8. The van der Waals surface area contributed by atoms with Gasteiger partial charge in [-0.05, 0) is 48.9 Å². The minimum atomic E-state index is -0.544. The van der Waals surface area contributed by atoms with Crippen LogP contribution in [-0.4, -0.2) is 91.7 Å². The maximum Gasteiger partial charge on any atom is 0.270 e. The van der Waals surface area contributed by atoms with E-state index in [4.69, 9.17) is 23.7 Å². The van der Waals surface area contributed by atoms with Crippen LogP contribution in [0.5, 0.6) is 5.75 Å². The Morgan fingerprint density at radius 3 is 2.34 bits per heavy atom. The molecule has 2 heterocycles. The number of likely N-dealkylation sites (N-methyl/N-ethyl adjacent to an activating group) is 1. The highest BCUT2D eigenvalue weighted by molar-refractivity contribution is 5.94. The number of ether oxygens (including phenoxy) is 5. The average molecular weight is 789 g/mol. The molecule has 4 aromatic rings. The third kappa shape index (κ3) is 12.9. The van der Waals surface area contributed by atoms with Gasteiger partial charge in [0, 0.05) is 54.2 Å². The van der Waals surface area contributed by atoms with E-state index in [0.29, 0.717) is 75.4 Å². The minimum absolute atomic E-state index is 0.0346. The van der Waals surface area contributed by atoms with Crippen molar-refractivity contribution in [1.82, 2.24) is 20.3 Å². The Morgan fingerprint density at radius 2 is 1.64 bits per heavy atom. The maximum atomic E-state index is 12.1. The first-order valence-electron chi connectivity index (χ1n) is 18.7. The molecule has 0 radical (unpaired) electrons. The summed E-state index contributed by atoms with van der Waals surface area (Å²) in [4.78, 5) is 24.7. The molecule has 0 saturated heterocycles. The van der Waals surface area contributed by atoms with Gasteiger partial charge in [-0.2, -0.15) is 10.5 Å². The van der Waals surface area contributed by atoms with Gasteiger partial charge in [-0.3, -0.25) is 19.6 Å². The molecule has 0 aliphatic carbocycles. The van der Waals surface area contributed by atoms with Gasteiger partial charge < -0.3 is 33.9 Å². The van der Waals surface area contributed by atoms with E-state index in [1.165, 1.54) is 24.3 Å². The molecule has 0 spiro atoms. The zero-order chi connectivity index (χ0) is 41.0. The van der Waals surface area contributed by atoms with Gasteiger partial charge >= 0.3 is 0 Å². The van der Waals surface area contributed by atoms with Gasteiger partial charge in [-0.1, -0.05) is 47.7 Å². The van der Waals surface area contributed by atoms with Crippen LogP contribution in [0.3, 0.4) is 0 Å². The lowest BCUT2D eigenvalue weighted by Crippen LogP contribution is -2.27. The Labute approximate surface area is 336 Å². The van der Waals surface area contributed by atoms with E-state index in [1.807, 2.05) is 66.9 Å². The lowest BCUT2D eigenvalue weighted by Gasteiger charge is -2.23. The van der Waals surface area contributed by atoms with E-state index >= 15 is 0 Å². The highest BCUT2D eigenvalue weighted by Gasteiger charge is 2.19. The second-order valence-electron chi connectivity index (χ2n) is 12.6. The largest absolute Gasteiger partial charge is 0.457 e. The van der Waals surface area contributed by atoms with E-state index in [1.54, 1.807) is 10.8 Å². The summed E-state index contributed by atoms with van der Waals surface area (Å²) in [6.07, 6.45) is 7.35. The molecule has 0 saturated carbocycles. The fourth-order valence-corrected chi connectivity index (χ4v) is 5.71. The summed E-state index contributed by atoms with van der Waals surface area (Å²) in [5.74, 6) is 0.726. The first-order chi connectivity index (χ1) is 28.4. The zero-order valence-electron chi connectivity index (χ0n) is 32.1. The first-order valence-corrected chi connectivity index (χ1v) is 18.7. The number of nitrogens with zero attached hydrogens (tertiary/aromatic N) is 7. The van der Waals surface area contributed by atoms with Gasteiger partial charge in [-0.15, -0.1) is 5.10 Å². The molecular weight excluding hydrogens is 745 g/mol. The molecule has 16 heteroatoms. The normalized spacial score (nSPS) is 11.9. The van der Waals surface area contributed by atoms with Crippen molar-refractivity contribution in [2.75, 3.05) is 70.8 Å². The van der Waals surface area contributed by atoms with Crippen molar-refractivity contribution in [3.63, 3.8) is 0 Å². The first kappa shape index (κ1) is 42.5. The number of rotatable bonds is 23. The van der Waals surface area contributed by atoms with Crippen LogP contribution in [0, 0.1) is 32.8 Å². The van der Waals surface area contributed by atoms with Crippen LogP contribution in [0.4, 0.5) is 11.4 Å². The average Bonchev–Trinajstić information content (AvgIpc) is 3.71. The lowest BCUT2D eigenvalue weighted by molar-refractivity contribution is -0.384. The van der Waals surface area contributed by atoms with E-state index in [0.717, 1.165) is 30.0 Å². The SMILES string of the molecule is CCN(CCn1cc(COCCOCCOCCOCCNC(=O)c2cccc([N+](=O)[O-])c2)nn1)c1ccc(/C=C/C2=CC(=C(C#N)C#N)c3ccccc3O2)cc1. The molecule has 0 bridgehead atoms. The molecule has 3 aromatic carbocycles. The number of benzene rings is 3. The van der Waals surface area contributed by atoms with Crippen molar-refractivity contribution in [3.05, 3.63) is 135 Å². The van der Waals surface area contributed by atoms with E-state index < -0.39 is 10.8 Å². The number of para-hydroxylation sites is 1. The molecule has 1 N–H and O–H groups in total. The summed E-state index contributed by atoms with van der Waals surface area (Å²) in [6, 6.07) is 25.0. The summed E-state index contributed by atoms with van der Waals surface area (Å²) >= 11 is 0. The maximum absolute atomic E-state index is 12.1. The van der Waals surface area contributed by atoms with Crippen LogP contribution in [-0.2, 0) is 32.1 Å². The minimum Gasteiger partial charge on any atom is -0.457 e. The van der Waals surface area contributed by atoms with E-state index in [9.17, 15) is 25.4 Å². The lowest BCUT2D eigenvalue weighted by atomic mass is 9.97. The third-order valence-electron chi connectivity index (χ3n) is 8.67. The van der Waals surface area contributed by atoms with Crippen LogP contribution in [0.1, 0.15) is 34.1 Å². The molecule has 1 aliphatic heterocycles. The number of allylic oxidation sites excluding steroid dienone is 4. The molecule has 16 nitrogen and oxygen atoms in total. The van der Waals surface area contributed by atoms with E-state index in [-0.39, 0.29) is 30.0 Å².